The van der Waals surface area contributed by atoms with Crippen LogP contribution in [0.25, 0.3) is 10.2 Å². The van der Waals surface area contributed by atoms with Crippen molar-refractivity contribution < 1.29 is 0 Å². The van der Waals surface area contributed by atoms with Gasteiger partial charge in [-0.1, -0.05) is 0 Å². The zero-order valence-electron chi connectivity index (χ0n) is 13.0. The van der Waals surface area contributed by atoms with Crippen molar-refractivity contribution in [2.45, 2.75) is 46.7 Å². The van der Waals surface area contributed by atoms with Crippen LogP contribution in [-0.2, 0) is 0 Å². The molecule has 5 heteroatoms. The van der Waals surface area contributed by atoms with Gasteiger partial charge in [-0.3, -0.25) is 4.90 Å². The number of nitrogens with zero attached hydrogens (tertiary/aromatic N) is 3. The van der Waals surface area contributed by atoms with Gasteiger partial charge in [-0.25, -0.2) is 9.97 Å². The Hall–Kier alpha value is -1.20. The van der Waals surface area contributed by atoms with Gasteiger partial charge in [-0.15, -0.1) is 11.3 Å². The minimum atomic E-state index is 0.561. The Morgan fingerprint density at radius 2 is 1.90 bits per heavy atom. The number of hydrogen-bond donors (Lipinski definition) is 1. The van der Waals surface area contributed by atoms with Crippen LogP contribution in [0, 0.1) is 6.92 Å². The van der Waals surface area contributed by atoms with Crippen LogP contribution in [0.5, 0.6) is 0 Å². The molecule has 0 saturated carbocycles. The van der Waals surface area contributed by atoms with Gasteiger partial charge < -0.3 is 5.32 Å². The summed E-state index contributed by atoms with van der Waals surface area (Å²) in [5.74, 6) is 0.959. The molecule has 0 unspecified atom stereocenters. The summed E-state index contributed by atoms with van der Waals surface area (Å²) in [7, 11) is 0. The lowest BCUT2D eigenvalue weighted by atomic mass is 10.2. The monoisotopic (exact) mass is 292 g/mol. The predicted molar refractivity (Wildman–Crippen MR) is 87.6 cm³/mol. The first kappa shape index (κ1) is 15.2. The average Bonchev–Trinajstić information content (AvgIpc) is 2.76. The van der Waals surface area contributed by atoms with Gasteiger partial charge in [0.15, 0.2) is 0 Å². The molecule has 0 aliphatic rings. The molecule has 0 aliphatic carbocycles. The first-order valence-electron chi connectivity index (χ1n) is 7.19. The lowest BCUT2D eigenvalue weighted by molar-refractivity contribution is 0.182. The highest BCUT2D eigenvalue weighted by Crippen LogP contribution is 2.28. The normalized spacial score (nSPS) is 12.0. The molecule has 0 amide bonds. The standard InChI is InChI=1S/C15H24N4S/c1-10(2)19(11(3)4)7-6-16-15-14-13(17-9-18-15)12(5)8-20-14/h8-11H,6-7H2,1-5H3,(H,16,17,18). The Balaban J connectivity index is 2.03. The van der Waals surface area contributed by atoms with Crippen molar-refractivity contribution in [1.82, 2.24) is 14.9 Å². The second-order valence-electron chi connectivity index (χ2n) is 5.67. The van der Waals surface area contributed by atoms with Crippen molar-refractivity contribution >= 4 is 27.4 Å². The van der Waals surface area contributed by atoms with Crippen LogP contribution in [-0.4, -0.2) is 40.0 Å². The summed E-state index contributed by atoms with van der Waals surface area (Å²) in [6.07, 6.45) is 1.65. The maximum atomic E-state index is 4.38. The summed E-state index contributed by atoms with van der Waals surface area (Å²) < 4.78 is 1.16. The van der Waals surface area contributed by atoms with Crippen molar-refractivity contribution in [3.05, 3.63) is 17.3 Å². The van der Waals surface area contributed by atoms with Crippen LogP contribution in [0.2, 0.25) is 0 Å². The summed E-state index contributed by atoms with van der Waals surface area (Å²) in [5.41, 5.74) is 2.29. The molecule has 0 aromatic carbocycles. The zero-order chi connectivity index (χ0) is 14.7. The van der Waals surface area contributed by atoms with E-state index < -0.39 is 0 Å². The predicted octanol–water partition coefficient (Wildman–Crippen LogP) is 3.53. The summed E-state index contributed by atoms with van der Waals surface area (Å²) in [5, 5.41) is 5.60. The molecule has 1 N–H and O–H groups in total. The van der Waals surface area contributed by atoms with Gasteiger partial charge in [-0.05, 0) is 45.6 Å². The Kier molecular flexibility index (Phi) is 4.94. The lowest BCUT2D eigenvalue weighted by Crippen LogP contribution is -2.40. The number of aryl methyl sites for hydroxylation is 1. The van der Waals surface area contributed by atoms with Crippen molar-refractivity contribution in [2.75, 3.05) is 18.4 Å². The summed E-state index contributed by atoms with van der Waals surface area (Å²) in [4.78, 5) is 11.2. The fourth-order valence-corrected chi connectivity index (χ4v) is 3.48. The van der Waals surface area contributed by atoms with Gasteiger partial charge in [0.1, 0.15) is 12.1 Å². The second kappa shape index (κ2) is 6.50. The van der Waals surface area contributed by atoms with Gasteiger partial charge in [0, 0.05) is 25.2 Å². The van der Waals surface area contributed by atoms with Crippen molar-refractivity contribution in [3.8, 4) is 0 Å². The fourth-order valence-electron chi connectivity index (χ4n) is 2.51. The Morgan fingerprint density at radius 3 is 2.55 bits per heavy atom. The Morgan fingerprint density at radius 1 is 1.20 bits per heavy atom. The van der Waals surface area contributed by atoms with E-state index in [0.717, 1.165) is 29.1 Å². The molecule has 110 valence electrons. The number of hydrogen-bond acceptors (Lipinski definition) is 5. The van der Waals surface area contributed by atoms with E-state index in [1.165, 1.54) is 5.56 Å². The zero-order valence-corrected chi connectivity index (χ0v) is 13.8. The third-order valence-electron chi connectivity index (χ3n) is 3.52. The van der Waals surface area contributed by atoms with Crippen LogP contribution in [0.1, 0.15) is 33.3 Å². The molecule has 20 heavy (non-hydrogen) atoms. The van der Waals surface area contributed by atoms with Crippen molar-refractivity contribution in [3.63, 3.8) is 0 Å². The maximum absolute atomic E-state index is 4.38. The van der Waals surface area contributed by atoms with Gasteiger partial charge in [0.25, 0.3) is 0 Å². The molecule has 2 aromatic rings. The lowest BCUT2D eigenvalue weighted by Gasteiger charge is -2.30. The van der Waals surface area contributed by atoms with E-state index >= 15 is 0 Å². The van der Waals surface area contributed by atoms with E-state index in [1.807, 2.05) is 0 Å². The molecule has 4 nitrogen and oxygen atoms in total. The summed E-state index contributed by atoms with van der Waals surface area (Å²) in [6.45, 7) is 13.0. The van der Waals surface area contributed by atoms with Crippen molar-refractivity contribution in [1.29, 1.82) is 0 Å². The van der Waals surface area contributed by atoms with E-state index in [9.17, 15) is 0 Å². The highest BCUT2D eigenvalue weighted by Gasteiger charge is 2.13. The first-order valence-corrected chi connectivity index (χ1v) is 8.07. The molecule has 0 atom stereocenters. The molecular formula is C15H24N4S. The van der Waals surface area contributed by atoms with Gasteiger partial charge in [0.2, 0.25) is 0 Å². The van der Waals surface area contributed by atoms with Crippen LogP contribution in [0.4, 0.5) is 5.82 Å². The van der Waals surface area contributed by atoms with E-state index in [1.54, 1.807) is 17.7 Å². The molecule has 0 spiro atoms. The molecule has 0 radical (unpaired) electrons. The van der Waals surface area contributed by atoms with E-state index in [4.69, 9.17) is 0 Å². The molecule has 0 aliphatic heterocycles. The minimum absolute atomic E-state index is 0.561. The highest BCUT2D eigenvalue weighted by atomic mass is 32.1. The van der Waals surface area contributed by atoms with Crippen LogP contribution < -0.4 is 5.32 Å². The molecule has 2 rings (SSSR count). The topological polar surface area (TPSA) is 41.0 Å². The Labute approximate surface area is 125 Å². The van der Waals surface area contributed by atoms with Gasteiger partial charge in [-0.2, -0.15) is 0 Å². The SMILES string of the molecule is Cc1csc2c(NCCN(C(C)C)C(C)C)ncnc12. The number of nitrogens with one attached hydrogen (secondary N) is 1. The van der Waals surface area contributed by atoms with Crippen LogP contribution >= 0.6 is 11.3 Å². The van der Waals surface area contributed by atoms with E-state index in [0.29, 0.717) is 12.1 Å². The quantitative estimate of drug-likeness (QED) is 0.884. The van der Waals surface area contributed by atoms with Crippen LogP contribution in [0.3, 0.4) is 0 Å². The minimum Gasteiger partial charge on any atom is -0.367 e. The summed E-state index contributed by atoms with van der Waals surface area (Å²) >= 11 is 1.71. The van der Waals surface area contributed by atoms with E-state index in [-0.39, 0.29) is 0 Å². The molecule has 0 bridgehead atoms. The maximum Gasteiger partial charge on any atom is 0.147 e. The third kappa shape index (κ3) is 3.27. The Bertz CT molecular complexity index is 554. The number of thiophene rings is 1. The van der Waals surface area contributed by atoms with Crippen molar-refractivity contribution in [2.24, 2.45) is 0 Å². The molecule has 0 saturated heterocycles. The largest absolute Gasteiger partial charge is 0.367 e. The average molecular weight is 292 g/mol. The molecular weight excluding hydrogens is 268 g/mol. The number of fused-ring (bicyclic) bond motifs is 1. The van der Waals surface area contributed by atoms with Gasteiger partial charge >= 0.3 is 0 Å². The number of anilines is 1. The number of rotatable bonds is 6. The van der Waals surface area contributed by atoms with Crippen LogP contribution in [0.15, 0.2) is 11.7 Å². The fraction of sp³-hybridized carbons (Fsp3) is 0.600. The summed E-state index contributed by atoms with van der Waals surface area (Å²) in [6, 6.07) is 1.12. The molecule has 2 heterocycles. The van der Waals surface area contributed by atoms with Gasteiger partial charge in [0.05, 0.1) is 10.2 Å². The number of aromatic nitrogens is 2. The smallest absolute Gasteiger partial charge is 0.147 e. The highest BCUT2D eigenvalue weighted by molar-refractivity contribution is 7.18. The molecule has 2 aromatic heterocycles. The van der Waals surface area contributed by atoms with E-state index in [2.05, 4.69) is 60.2 Å². The third-order valence-corrected chi connectivity index (χ3v) is 4.61. The first-order chi connectivity index (χ1) is 9.50. The molecule has 0 fully saturated rings. The second-order valence-corrected chi connectivity index (χ2v) is 6.55.